The number of hydrogen-bond acceptors (Lipinski definition) is 3. The standard InChI is InChI=1S/C13H29N3O2S/c1-5-14-12(4)13-8-6-7-9-16(13)19(17,18)15-10-11(2)3/h11-15H,5-10H2,1-4H3. The van der Waals surface area contributed by atoms with Crippen molar-refractivity contribution in [3.8, 4) is 0 Å². The maximum Gasteiger partial charge on any atom is 0.279 e. The summed E-state index contributed by atoms with van der Waals surface area (Å²) in [5.74, 6) is 0.323. The van der Waals surface area contributed by atoms with Crippen molar-refractivity contribution in [3.05, 3.63) is 0 Å². The molecule has 0 spiro atoms. The fourth-order valence-corrected chi connectivity index (χ4v) is 4.27. The molecule has 0 aromatic carbocycles. The molecule has 1 rings (SSSR count). The molecule has 0 saturated carbocycles. The van der Waals surface area contributed by atoms with Crippen LogP contribution in [0.25, 0.3) is 0 Å². The monoisotopic (exact) mass is 291 g/mol. The first kappa shape index (κ1) is 16.9. The zero-order valence-corrected chi connectivity index (χ0v) is 13.5. The molecule has 19 heavy (non-hydrogen) atoms. The number of likely N-dealkylation sites (N-methyl/N-ethyl adjacent to an activating group) is 1. The molecule has 2 unspecified atom stereocenters. The molecular weight excluding hydrogens is 262 g/mol. The van der Waals surface area contributed by atoms with Crippen molar-refractivity contribution in [2.75, 3.05) is 19.6 Å². The first-order valence-corrected chi connectivity index (χ1v) is 8.82. The molecule has 0 radical (unpaired) electrons. The Hall–Kier alpha value is -0.170. The molecule has 0 bridgehead atoms. The first-order chi connectivity index (χ1) is 8.88. The number of rotatable bonds is 7. The second kappa shape index (κ2) is 7.57. The van der Waals surface area contributed by atoms with E-state index in [1.54, 1.807) is 4.31 Å². The minimum atomic E-state index is -3.35. The molecule has 2 atom stereocenters. The van der Waals surface area contributed by atoms with E-state index in [1.807, 2.05) is 13.8 Å². The van der Waals surface area contributed by atoms with Gasteiger partial charge in [-0.3, -0.25) is 0 Å². The summed E-state index contributed by atoms with van der Waals surface area (Å²) in [6, 6.07) is 0.263. The highest BCUT2D eigenvalue weighted by atomic mass is 32.2. The van der Waals surface area contributed by atoms with Crippen molar-refractivity contribution >= 4 is 10.2 Å². The Kier molecular flexibility index (Phi) is 6.73. The van der Waals surface area contributed by atoms with Crippen molar-refractivity contribution in [2.45, 2.75) is 59.0 Å². The molecule has 1 saturated heterocycles. The molecule has 6 heteroatoms. The zero-order valence-electron chi connectivity index (χ0n) is 12.6. The molecule has 0 aliphatic carbocycles. The largest absolute Gasteiger partial charge is 0.313 e. The number of nitrogens with one attached hydrogen (secondary N) is 2. The Labute approximate surface area is 118 Å². The fourth-order valence-electron chi connectivity index (χ4n) is 2.54. The minimum Gasteiger partial charge on any atom is -0.313 e. The third-order valence-electron chi connectivity index (χ3n) is 3.58. The van der Waals surface area contributed by atoms with Crippen molar-refractivity contribution in [2.24, 2.45) is 5.92 Å². The van der Waals surface area contributed by atoms with E-state index in [-0.39, 0.29) is 12.1 Å². The Morgan fingerprint density at radius 3 is 2.53 bits per heavy atom. The molecule has 1 heterocycles. The number of piperidine rings is 1. The van der Waals surface area contributed by atoms with Gasteiger partial charge in [0.05, 0.1) is 0 Å². The molecule has 1 aliphatic rings. The van der Waals surface area contributed by atoms with Crippen LogP contribution in [-0.4, -0.2) is 44.4 Å². The van der Waals surface area contributed by atoms with Gasteiger partial charge in [0.2, 0.25) is 0 Å². The van der Waals surface area contributed by atoms with Gasteiger partial charge in [-0.1, -0.05) is 27.2 Å². The van der Waals surface area contributed by atoms with Gasteiger partial charge in [0, 0.05) is 25.2 Å². The third kappa shape index (κ3) is 5.02. The van der Waals surface area contributed by atoms with Gasteiger partial charge < -0.3 is 5.32 Å². The molecule has 0 amide bonds. The van der Waals surface area contributed by atoms with Crippen LogP contribution in [0.2, 0.25) is 0 Å². The van der Waals surface area contributed by atoms with Gasteiger partial charge >= 0.3 is 0 Å². The second-order valence-corrected chi connectivity index (χ2v) is 7.48. The lowest BCUT2D eigenvalue weighted by Crippen LogP contribution is -2.56. The van der Waals surface area contributed by atoms with E-state index < -0.39 is 10.2 Å². The van der Waals surface area contributed by atoms with E-state index in [0.29, 0.717) is 19.0 Å². The summed E-state index contributed by atoms with van der Waals surface area (Å²) in [5.41, 5.74) is 0. The van der Waals surface area contributed by atoms with Crippen LogP contribution in [0.3, 0.4) is 0 Å². The highest BCUT2D eigenvalue weighted by Crippen LogP contribution is 2.22. The van der Waals surface area contributed by atoms with Gasteiger partial charge in [-0.15, -0.1) is 0 Å². The fraction of sp³-hybridized carbons (Fsp3) is 1.00. The van der Waals surface area contributed by atoms with E-state index >= 15 is 0 Å². The van der Waals surface area contributed by atoms with E-state index in [1.165, 1.54) is 0 Å². The Balaban J connectivity index is 2.75. The molecule has 114 valence electrons. The highest BCUT2D eigenvalue weighted by molar-refractivity contribution is 7.87. The van der Waals surface area contributed by atoms with Gasteiger partial charge in [0.1, 0.15) is 0 Å². The second-order valence-electron chi connectivity index (χ2n) is 5.77. The molecule has 5 nitrogen and oxygen atoms in total. The van der Waals surface area contributed by atoms with Gasteiger partial charge in [0.25, 0.3) is 10.2 Å². The van der Waals surface area contributed by atoms with Crippen LogP contribution in [-0.2, 0) is 10.2 Å². The lowest BCUT2D eigenvalue weighted by Gasteiger charge is -2.38. The molecule has 0 aromatic heterocycles. The van der Waals surface area contributed by atoms with E-state index in [9.17, 15) is 8.42 Å². The van der Waals surface area contributed by atoms with Gasteiger partial charge in [-0.2, -0.15) is 12.7 Å². The van der Waals surface area contributed by atoms with Crippen molar-refractivity contribution in [1.82, 2.24) is 14.3 Å². The van der Waals surface area contributed by atoms with Gasteiger partial charge in [-0.05, 0) is 32.2 Å². The lowest BCUT2D eigenvalue weighted by molar-refractivity contribution is 0.207. The Morgan fingerprint density at radius 1 is 1.26 bits per heavy atom. The molecule has 1 fully saturated rings. The zero-order chi connectivity index (χ0) is 14.5. The van der Waals surface area contributed by atoms with E-state index in [0.717, 1.165) is 25.8 Å². The molecular formula is C13H29N3O2S. The summed E-state index contributed by atoms with van der Waals surface area (Å²) in [4.78, 5) is 0. The van der Waals surface area contributed by atoms with Gasteiger partial charge in [0.15, 0.2) is 0 Å². The average molecular weight is 291 g/mol. The van der Waals surface area contributed by atoms with Crippen LogP contribution < -0.4 is 10.0 Å². The summed E-state index contributed by atoms with van der Waals surface area (Å²) in [6.45, 7) is 10.1. The molecule has 2 N–H and O–H groups in total. The predicted octanol–water partition coefficient (Wildman–Crippen LogP) is 1.33. The van der Waals surface area contributed by atoms with Crippen LogP contribution in [0, 0.1) is 5.92 Å². The van der Waals surface area contributed by atoms with Crippen LogP contribution in [0.5, 0.6) is 0 Å². The minimum absolute atomic E-state index is 0.0679. The normalized spacial score (nSPS) is 23.7. The van der Waals surface area contributed by atoms with E-state index in [2.05, 4.69) is 23.9 Å². The maximum atomic E-state index is 12.4. The van der Waals surface area contributed by atoms with E-state index in [4.69, 9.17) is 0 Å². The quantitative estimate of drug-likeness (QED) is 0.744. The maximum absolute atomic E-state index is 12.4. The van der Waals surface area contributed by atoms with Crippen molar-refractivity contribution in [3.63, 3.8) is 0 Å². The average Bonchev–Trinajstić information content (AvgIpc) is 2.37. The SMILES string of the molecule is CCNC(C)C1CCCCN1S(=O)(=O)NCC(C)C. The molecule has 1 aliphatic heterocycles. The van der Waals surface area contributed by atoms with Crippen molar-refractivity contribution < 1.29 is 8.42 Å². The van der Waals surface area contributed by atoms with Gasteiger partial charge in [-0.25, -0.2) is 4.72 Å². The number of nitrogens with zero attached hydrogens (tertiary/aromatic N) is 1. The lowest BCUT2D eigenvalue weighted by atomic mass is 9.99. The summed E-state index contributed by atoms with van der Waals surface area (Å²) >= 11 is 0. The topological polar surface area (TPSA) is 61.4 Å². The van der Waals surface area contributed by atoms with Crippen LogP contribution in [0.4, 0.5) is 0 Å². The number of hydrogen-bond donors (Lipinski definition) is 2. The highest BCUT2D eigenvalue weighted by Gasteiger charge is 2.34. The van der Waals surface area contributed by atoms with Crippen LogP contribution >= 0.6 is 0 Å². The third-order valence-corrected chi connectivity index (χ3v) is 5.19. The smallest absolute Gasteiger partial charge is 0.279 e. The summed E-state index contributed by atoms with van der Waals surface area (Å²) in [5, 5.41) is 3.35. The summed E-state index contributed by atoms with van der Waals surface area (Å²) < 4.78 is 29.2. The van der Waals surface area contributed by atoms with Crippen molar-refractivity contribution in [1.29, 1.82) is 0 Å². The first-order valence-electron chi connectivity index (χ1n) is 7.38. The van der Waals surface area contributed by atoms with Crippen LogP contribution in [0.1, 0.15) is 47.0 Å². The predicted molar refractivity (Wildman–Crippen MR) is 79.2 cm³/mol. The van der Waals surface area contributed by atoms with Crippen LogP contribution in [0.15, 0.2) is 0 Å². The summed E-state index contributed by atoms with van der Waals surface area (Å²) in [7, 11) is -3.35. The Morgan fingerprint density at radius 2 is 1.95 bits per heavy atom. The molecule has 0 aromatic rings. The summed E-state index contributed by atoms with van der Waals surface area (Å²) in [6.07, 6.45) is 3.01. The Bertz CT molecular complexity index is 357.